The number of ether oxygens (including phenoxy) is 1. The van der Waals surface area contributed by atoms with Crippen molar-refractivity contribution in [2.45, 2.75) is 17.4 Å². The molecule has 2 amide bonds. The Kier molecular flexibility index (Phi) is 6.64. The van der Waals surface area contributed by atoms with Gasteiger partial charge in [-0.1, -0.05) is 12.1 Å². The van der Waals surface area contributed by atoms with Gasteiger partial charge in [0.05, 0.1) is 16.4 Å². The van der Waals surface area contributed by atoms with Crippen molar-refractivity contribution in [2.75, 3.05) is 34.9 Å². The molecule has 3 heterocycles. The topological polar surface area (TPSA) is 71.8 Å². The van der Waals surface area contributed by atoms with Gasteiger partial charge in [0.15, 0.2) is 6.61 Å². The number of benzene rings is 2. The first-order chi connectivity index (χ1) is 16.2. The maximum atomic E-state index is 12.6. The Labute approximate surface area is 201 Å². The summed E-state index contributed by atoms with van der Waals surface area (Å²) in [5, 5.41) is 2.89. The number of anilines is 2. The summed E-state index contributed by atoms with van der Waals surface area (Å²) in [6, 6.07) is 15.3. The lowest BCUT2D eigenvalue weighted by Gasteiger charge is -2.21. The van der Waals surface area contributed by atoms with E-state index in [1.165, 1.54) is 36.0 Å². The lowest BCUT2D eigenvalue weighted by atomic mass is 10.1. The van der Waals surface area contributed by atoms with E-state index >= 15 is 0 Å². The third kappa shape index (κ3) is 5.07. The van der Waals surface area contributed by atoms with Crippen LogP contribution in [0.4, 0.5) is 11.4 Å². The van der Waals surface area contributed by atoms with Gasteiger partial charge in [0, 0.05) is 17.9 Å². The molecule has 1 saturated heterocycles. The fraction of sp³-hybridized carbons (Fsp3) is 0.280. The van der Waals surface area contributed by atoms with E-state index in [1.54, 1.807) is 11.0 Å². The van der Waals surface area contributed by atoms with Crippen LogP contribution in [0.1, 0.15) is 32.5 Å². The second-order valence-electron chi connectivity index (χ2n) is 7.90. The van der Waals surface area contributed by atoms with Crippen LogP contribution in [0.2, 0.25) is 0 Å². The van der Waals surface area contributed by atoms with Crippen LogP contribution in [-0.4, -0.2) is 36.5 Å². The van der Waals surface area contributed by atoms with E-state index in [0.717, 1.165) is 17.7 Å². The second-order valence-corrected chi connectivity index (χ2v) is 10.6. The Bertz CT molecular complexity index is 1130. The van der Waals surface area contributed by atoms with Gasteiger partial charge in [-0.2, -0.15) is 0 Å². The minimum absolute atomic E-state index is 0.0611. The van der Waals surface area contributed by atoms with Gasteiger partial charge in [-0.25, -0.2) is 0 Å². The Morgan fingerprint density at radius 3 is 2.67 bits per heavy atom. The maximum absolute atomic E-state index is 12.6. The predicted octanol–water partition coefficient (Wildman–Crippen LogP) is 5.37. The summed E-state index contributed by atoms with van der Waals surface area (Å²) in [5.74, 6) is 2.79. The van der Waals surface area contributed by atoms with Gasteiger partial charge < -0.3 is 19.4 Å². The zero-order valence-corrected chi connectivity index (χ0v) is 19.6. The van der Waals surface area contributed by atoms with Crippen LogP contribution < -0.4 is 15.0 Å². The number of hydrogen-bond donors (Lipinski definition) is 1. The van der Waals surface area contributed by atoms with E-state index in [2.05, 4.69) is 17.4 Å². The third-order valence-electron chi connectivity index (χ3n) is 5.62. The standard InChI is InChI=1S/C25H24N2O4S2/c28-23(16-31-21-5-2-17(3-6-21)25-32-12-1-13-33-25)26-20-4-7-22-18(14-20)8-10-27(22)24(29)19-9-11-30-15-19/h2-7,9,11,14-15,25H,1,8,10,12-13,16H2,(H,26,28). The Morgan fingerprint density at radius 1 is 1.09 bits per heavy atom. The molecule has 3 aromatic rings. The number of nitrogens with one attached hydrogen (secondary N) is 1. The molecule has 2 aromatic carbocycles. The van der Waals surface area contributed by atoms with Crippen LogP contribution in [0, 0.1) is 0 Å². The van der Waals surface area contributed by atoms with E-state index < -0.39 is 0 Å². The summed E-state index contributed by atoms with van der Waals surface area (Å²) in [6.45, 7) is 0.544. The molecule has 1 aromatic heterocycles. The monoisotopic (exact) mass is 480 g/mol. The van der Waals surface area contributed by atoms with Crippen molar-refractivity contribution < 1.29 is 18.7 Å². The number of hydrogen-bond acceptors (Lipinski definition) is 6. The summed E-state index contributed by atoms with van der Waals surface area (Å²) in [4.78, 5) is 26.8. The van der Waals surface area contributed by atoms with E-state index in [0.29, 0.717) is 28.1 Å². The molecule has 0 bridgehead atoms. The molecule has 0 radical (unpaired) electrons. The predicted molar refractivity (Wildman–Crippen MR) is 133 cm³/mol. The molecular formula is C25H24N2O4S2. The van der Waals surface area contributed by atoms with Crippen molar-refractivity contribution in [1.82, 2.24) is 0 Å². The SMILES string of the molecule is O=C(COc1ccc(C2SCCCS2)cc1)Nc1ccc2c(c1)CCN2C(=O)c1ccoc1. The second kappa shape index (κ2) is 9.97. The molecule has 2 aliphatic rings. The van der Waals surface area contributed by atoms with Crippen LogP contribution in [-0.2, 0) is 11.2 Å². The number of thioether (sulfide) groups is 2. The summed E-state index contributed by atoms with van der Waals surface area (Å²) < 4.78 is 11.2. The molecular weight excluding hydrogens is 456 g/mol. The molecule has 5 rings (SSSR count). The summed E-state index contributed by atoms with van der Waals surface area (Å²) in [5.41, 5.74) is 4.41. The number of carbonyl (C=O) groups excluding carboxylic acids is 2. The van der Waals surface area contributed by atoms with Crippen molar-refractivity contribution in [3.05, 3.63) is 77.7 Å². The van der Waals surface area contributed by atoms with Gasteiger partial charge in [0.25, 0.3) is 11.8 Å². The van der Waals surface area contributed by atoms with Crippen molar-refractivity contribution in [1.29, 1.82) is 0 Å². The molecule has 1 fully saturated rings. The minimum Gasteiger partial charge on any atom is -0.484 e. The molecule has 33 heavy (non-hydrogen) atoms. The average Bonchev–Trinajstić information content (AvgIpc) is 3.54. The highest BCUT2D eigenvalue weighted by molar-refractivity contribution is 8.16. The van der Waals surface area contributed by atoms with Gasteiger partial charge in [0.1, 0.15) is 12.0 Å². The molecule has 0 unspecified atom stereocenters. The van der Waals surface area contributed by atoms with Crippen LogP contribution >= 0.6 is 23.5 Å². The lowest BCUT2D eigenvalue weighted by Crippen LogP contribution is -2.28. The van der Waals surface area contributed by atoms with Crippen LogP contribution in [0.5, 0.6) is 5.75 Å². The Balaban J connectivity index is 1.15. The van der Waals surface area contributed by atoms with Crippen molar-refractivity contribution in [2.24, 2.45) is 0 Å². The normalized spacial score (nSPS) is 15.8. The van der Waals surface area contributed by atoms with Gasteiger partial charge in [0.2, 0.25) is 0 Å². The van der Waals surface area contributed by atoms with Crippen LogP contribution in [0.25, 0.3) is 0 Å². The van der Waals surface area contributed by atoms with E-state index in [-0.39, 0.29) is 18.4 Å². The highest BCUT2D eigenvalue weighted by Crippen LogP contribution is 2.43. The smallest absolute Gasteiger partial charge is 0.262 e. The number of nitrogens with zero attached hydrogens (tertiary/aromatic N) is 1. The third-order valence-corrected chi connectivity index (χ3v) is 8.64. The quantitative estimate of drug-likeness (QED) is 0.512. The molecule has 0 saturated carbocycles. The van der Waals surface area contributed by atoms with Crippen molar-refractivity contribution >= 4 is 46.7 Å². The fourth-order valence-corrected chi connectivity index (χ4v) is 6.87. The summed E-state index contributed by atoms with van der Waals surface area (Å²) >= 11 is 3.97. The van der Waals surface area contributed by atoms with Gasteiger partial charge >= 0.3 is 0 Å². The molecule has 1 N–H and O–H groups in total. The van der Waals surface area contributed by atoms with Crippen molar-refractivity contribution in [3.8, 4) is 5.75 Å². The minimum atomic E-state index is -0.221. The summed E-state index contributed by atoms with van der Waals surface area (Å²) in [7, 11) is 0. The number of amides is 2. The number of furan rings is 1. The maximum Gasteiger partial charge on any atom is 0.262 e. The number of carbonyl (C=O) groups is 2. The zero-order chi connectivity index (χ0) is 22.6. The molecule has 0 spiro atoms. The first-order valence-corrected chi connectivity index (χ1v) is 13.0. The number of rotatable bonds is 6. The zero-order valence-electron chi connectivity index (χ0n) is 18.0. The highest BCUT2D eigenvalue weighted by atomic mass is 32.2. The van der Waals surface area contributed by atoms with Crippen LogP contribution in [0.15, 0.2) is 65.5 Å². The molecule has 8 heteroatoms. The Morgan fingerprint density at radius 2 is 1.91 bits per heavy atom. The van der Waals surface area contributed by atoms with Gasteiger partial charge in [-0.15, -0.1) is 23.5 Å². The molecule has 0 aliphatic carbocycles. The first kappa shape index (κ1) is 22.0. The van der Waals surface area contributed by atoms with Crippen LogP contribution in [0.3, 0.4) is 0 Å². The summed E-state index contributed by atoms with van der Waals surface area (Å²) in [6.07, 6.45) is 4.96. The number of fused-ring (bicyclic) bond motifs is 1. The van der Waals surface area contributed by atoms with E-state index in [4.69, 9.17) is 9.15 Å². The first-order valence-electron chi connectivity index (χ1n) is 10.9. The fourth-order valence-electron chi connectivity index (χ4n) is 3.98. The Hall–Kier alpha value is -2.84. The van der Waals surface area contributed by atoms with E-state index in [9.17, 15) is 9.59 Å². The van der Waals surface area contributed by atoms with Crippen molar-refractivity contribution in [3.63, 3.8) is 0 Å². The van der Waals surface area contributed by atoms with Gasteiger partial charge in [-0.3, -0.25) is 9.59 Å². The molecule has 170 valence electrons. The average molecular weight is 481 g/mol. The molecule has 2 aliphatic heterocycles. The van der Waals surface area contributed by atoms with Gasteiger partial charge in [-0.05, 0) is 71.9 Å². The molecule has 0 atom stereocenters. The lowest BCUT2D eigenvalue weighted by molar-refractivity contribution is -0.118. The highest BCUT2D eigenvalue weighted by Gasteiger charge is 2.26. The largest absolute Gasteiger partial charge is 0.484 e. The molecule has 6 nitrogen and oxygen atoms in total. The van der Waals surface area contributed by atoms with E-state index in [1.807, 2.05) is 53.9 Å².